The summed E-state index contributed by atoms with van der Waals surface area (Å²) in [6.07, 6.45) is 1.87. The van der Waals surface area contributed by atoms with Gasteiger partial charge >= 0.3 is 0 Å². The highest BCUT2D eigenvalue weighted by atomic mass is 127. The summed E-state index contributed by atoms with van der Waals surface area (Å²) in [5.74, 6) is 0. The zero-order chi connectivity index (χ0) is 9.42. The molecule has 13 heavy (non-hydrogen) atoms. The molecule has 1 aromatic heterocycles. The van der Waals surface area contributed by atoms with Crippen LogP contribution in [0.1, 0.15) is 5.56 Å². The molecule has 0 aliphatic carbocycles. The molecule has 0 fully saturated rings. The Balaban J connectivity index is 2.87. The monoisotopic (exact) mass is 348 g/mol. The van der Waals surface area contributed by atoms with Crippen molar-refractivity contribution in [3.05, 3.63) is 32.2 Å². The van der Waals surface area contributed by atoms with Crippen LogP contribution in [0.3, 0.4) is 0 Å². The fraction of sp³-hybridized carbons (Fsp3) is 0.111. The van der Waals surface area contributed by atoms with Crippen LogP contribution in [-0.2, 0) is 0 Å². The van der Waals surface area contributed by atoms with Gasteiger partial charge in [-0.3, -0.25) is 0 Å². The topological polar surface area (TPSA) is 25.8 Å². The van der Waals surface area contributed by atoms with Crippen molar-refractivity contribution in [1.82, 2.24) is 9.97 Å². The summed E-state index contributed by atoms with van der Waals surface area (Å²) >= 11 is 5.59. The summed E-state index contributed by atoms with van der Waals surface area (Å²) in [6.45, 7) is 2.06. The molecular formula is C9H6BrIN2. The van der Waals surface area contributed by atoms with Gasteiger partial charge in [0.15, 0.2) is 3.83 Å². The van der Waals surface area contributed by atoms with Crippen molar-refractivity contribution in [2.75, 3.05) is 0 Å². The molecule has 2 nitrogen and oxygen atoms in total. The fourth-order valence-corrected chi connectivity index (χ4v) is 1.94. The van der Waals surface area contributed by atoms with Crippen LogP contribution in [-0.4, -0.2) is 9.97 Å². The van der Waals surface area contributed by atoms with Crippen LogP contribution in [0.5, 0.6) is 0 Å². The average molecular weight is 349 g/mol. The molecule has 0 bridgehead atoms. The molecule has 0 unspecified atom stereocenters. The lowest BCUT2D eigenvalue weighted by Crippen LogP contribution is -1.89. The minimum Gasteiger partial charge on any atom is -0.231 e. The van der Waals surface area contributed by atoms with Crippen LogP contribution in [0.4, 0.5) is 0 Å². The molecule has 66 valence electrons. The summed E-state index contributed by atoms with van der Waals surface area (Å²) in [7, 11) is 0. The van der Waals surface area contributed by atoms with Crippen molar-refractivity contribution in [2.24, 2.45) is 0 Å². The Bertz CT molecular complexity index is 470. The van der Waals surface area contributed by atoms with Crippen LogP contribution in [0.25, 0.3) is 10.9 Å². The van der Waals surface area contributed by atoms with Gasteiger partial charge in [-0.1, -0.05) is 15.9 Å². The van der Waals surface area contributed by atoms with Crippen LogP contribution in [0.2, 0.25) is 0 Å². The highest BCUT2D eigenvalue weighted by molar-refractivity contribution is 14.1. The summed E-state index contributed by atoms with van der Waals surface area (Å²) < 4.78 is 1.89. The van der Waals surface area contributed by atoms with Gasteiger partial charge in [-0.05, 0) is 24.6 Å². The molecule has 0 atom stereocenters. The van der Waals surface area contributed by atoms with E-state index >= 15 is 0 Å². The molecule has 0 aliphatic heterocycles. The zero-order valence-corrected chi connectivity index (χ0v) is 10.6. The highest BCUT2D eigenvalue weighted by Gasteiger charge is 2.02. The number of rotatable bonds is 0. The van der Waals surface area contributed by atoms with Gasteiger partial charge in [0.2, 0.25) is 0 Å². The Labute approximate surface area is 98.0 Å². The molecule has 1 heterocycles. The van der Waals surface area contributed by atoms with Gasteiger partial charge in [0.1, 0.15) is 0 Å². The third-order valence-corrected chi connectivity index (χ3v) is 3.32. The number of aromatic nitrogens is 2. The lowest BCUT2D eigenvalue weighted by Gasteiger charge is -2.02. The number of fused-ring (bicyclic) bond motifs is 1. The second kappa shape index (κ2) is 3.49. The number of halogens is 2. The largest absolute Gasteiger partial charge is 0.231 e. The third kappa shape index (κ3) is 1.69. The number of nitrogens with zero attached hydrogens (tertiary/aromatic N) is 2. The molecule has 0 amide bonds. The van der Waals surface area contributed by atoms with E-state index < -0.39 is 0 Å². The van der Waals surface area contributed by atoms with Crippen molar-refractivity contribution < 1.29 is 0 Å². The second-order valence-electron chi connectivity index (χ2n) is 2.74. The molecule has 0 N–H and O–H groups in total. The number of benzene rings is 1. The van der Waals surface area contributed by atoms with E-state index in [1.165, 1.54) is 5.56 Å². The molecule has 0 saturated carbocycles. The van der Waals surface area contributed by atoms with Crippen LogP contribution in [0, 0.1) is 10.8 Å². The molecule has 0 saturated heterocycles. The van der Waals surface area contributed by atoms with E-state index in [-0.39, 0.29) is 0 Å². The van der Waals surface area contributed by atoms with Crippen molar-refractivity contribution in [2.45, 2.75) is 6.92 Å². The van der Waals surface area contributed by atoms with Crippen molar-refractivity contribution in [3.63, 3.8) is 0 Å². The Kier molecular flexibility index (Phi) is 2.51. The number of aryl methyl sites for hydroxylation is 1. The minimum atomic E-state index is 0.784. The average Bonchev–Trinajstić information content (AvgIpc) is 2.12. The first-order valence-corrected chi connectivity index (χ1v) is 5.63. The first kappa shape index (κ1) is 9.33. The maximum absolute atomic E-state index is 4.33. The quantitative estimate of drug-likeness (QED) is 0.539. The Morgan fingerprint density at radius 1 is 1.38 bits per heavy atom. The van der Waals surface area contributed by atoms with Crippen molar-refractivity contribution in [1.29, 1.82) is 0 Å². The second-order valence-corrected chi connectivity index (χ2v) is 4.56. The van der Waals surface area contributed by atoms with Crippen LogP contribution < -0.4 is 0 Å². The Morgan fingerprint density at radius 2 is 2.15 bits per heavy atom. The molecular weight excluding hydrogens is 343 g/mol. The normalized spacial score (nSPS) is 10.7. The fourth-order valence-electron chi connectivity index (χ4n) is 1.19. The highest BCUT2D eigenvalue weighted by Crippen LogP contribution is 2.23. The molecule has 4 heteroatoms. The van der Waals surface area contributed by atoms with Gasteiger partial charge in [-0.25, -0.2) is 9.97 Å². The van der Waals surface area contributed by atoms with E-state index in [4.69, 9.17) is 0 Å². The predicted octanol–water partition coefficient (Wildman–Crippen LogP) is 3.31. The molecule has 1 aromatic carbocycles. The van der Waals surface area contributed by atoms with Crippen LogP contribution in [0.15, 0.2) is 22.8 Å². The third-order valence-electron chi connectivity index (χ3n) is 1.94. The lowest BCUT2D eigenvalue weighted by molar-refractivity contribution is 1.15. The molecule has 0 aliphatic rings. The zero-order valence-electron chi connectivity index (χ0n) is 6.88. The first-order chi connectivity index (χ1) is 6.18. The van der Waals surface area contributed by atoms with E-state index in [0.717, 1.165) is 19.2 Å². The van der Waals surface area contributed by atoms with E-state index in [1.807, 2.05) is 18.3 Å². The van der Waals surface area contributed by atoms with E-state index in [9.17, 15) is 0 Å². The summed E-state index contributed by atoms with van der Waals surface area (Å²) in [6, 6.07) is 4.01. The summed E-state index contributed by atoms with van der Waals surface area (Å²) in [5, 5.41) is 1.11. The van der Waals surface area contributed by atoms with Crippen molar-refractivity contribution in [3.8, 4) is 0 Å². The van der Waals surface area contributed by atoms with Gasteiger partial charge in [-0.2, -0.15) is 0 Å². The predicted molar refractivity (Wildman–Crippen MR) is 64.7 cm³/mol. The Morgan fingerprint density at radius 3 is 2.92 bits per heavy atom. The standard InChI is InChI=1S/C9H6BrIN2/c1-5-6-4-12-9(11)13-8(6)3-2-7(5)10/h2-4H,1H3. The van der Waals surface area contributed by atoms with E-state index in [1.54, 1.807) is 0 Å². The summed E-state index contributed by atoms with van der Waals surface area (Å²) in [4.78, 5) is 8.50. The maximum atomic E-state index is 4.33. The SMILES string of the molecule is Cc1c(Br)ccc2nc(I)ncc12. The van der Waals surface area contributed by atoms with Gasteiger partial charge < -0.3 is 0 Å². The van der Waals surface area contributed by atoms with Crippen molar-refractivity contribution >= 4 is 49.4 Å². The lowest BCUT2D eigenvalue weighted by atomic mass is 10.1. The van der Waals surface area contributed by atoms with Gasteiger partial charge in [-0.15, -0.1) is 0 Å². The van der Waals surface area contributed by atoms with E-state index in [2.05, 4.69) is 55.4 Å². The molecule has 0 spiro atoms. The van der Waals surface area contributed by atoms with Gasteiger partial charge in [0, 0.05) is 38.6 Å². The summed E-state index contributed by atoms with van der Waals surface area (Å²) in [5.41, 5.74) is 2.19. The number of hydrogen-bond donors (Lipinski definition) is 0. The molecule has 2 rings (SSSR count). The first-order valence-electron chi connectivity index (χ1n) is 3.76. The van der Waals surface area contributed by atoms with E-state index in [0.29, 0.717) is 0 Å². The van der Waals surface area contributed by atoms with Gasteiger partial charge in [0.25, 0.3) is 0 Å². The Hall–Kier alpha value is -0.230. The minimum absolute atomic E-state index is 0.784. The number of hydrogen-bond acceptors (Lipinski definition) is 2. The molecule has 2 aromatic rings. The molecule has 0 radical (unpaired) electrons. The smallest absolute Gasteiger partial charge is 0.191 e. The maximum Gasteiger partial charge on any atom is 0.191 e. The van der Waals surface area contributed by atoms with Crippen LogP contribution >= 0.6 is 38.5 Å². The van der Waals surface area contributed by atoms with Gasteiger partial charge in [0.05, 0.1) is 5.52 Å².